The number of aliphatic hydroxyl groups is 1. The van der Waals surface area contributed by atoms with Crippen LogP contribution in [0.1, 0.15) is 52.4 Å². The number of likely N-dealkylation sites (N-methyl/N-ethyl adjacent to an activating group) is 1. The molecule has 1 aliphatic rings. The van der Waals surface area contributed by atoms with Crippen LogP contribution in [0.2, 0.25) is 0 Å². The fourth-order valence-corrected chi connectivity index (χ4v) is 2.39. The number of unbranched alkanes of at least 4 members (excludes halogenated alkanes) is 3. The summed E-state index contributed by atoms with van der Waals surface area (Å²) < 4.78 is 5.15. The van der Waals surface area contributed by atoms with Gasteiger partial charge in [0.1, 0.15) is 0 Å². The van der Waals surface area contributed by atoms with Gasteiger partial charge in [0, 0.05) is 31.7 Å². The average molecular weight is 337 g/mol. The molecule has 0 atom stereocenters. The van der Waals surface area contributed by atoms with E-state index in [2.05, 4.69) is 6.92 Å². The van der Waals surface area contributed by atoms with E-state index in [0.717, 1.165) is 31.8 Å². The van der Waals surface area contributed by atoms with Gasteiger partial charge in [0.25, 0.3) is 0 Å². The summed E-state index contributed by atoms with van der Waals surface area (Å²) in [5.74, 6) is -1.68. The van der Waals surface area contributed by atoms with E-state index < -0.39 is 11.5 Å². The molecule has 24 heavy (non-hydrogen) atoms. The number of rotatable bonds is 10. The van der Waals surface area contributed by atoms with Gasteiger partial charge in [-0.05, 0) is 19.8 Å². The van der Waals surface area contributed by atoms with Gasteiger partial charge >= 0.3 is 5.97 Å². The molecule has 1 rings (SSSR count). The zero-order valence-corrected chi connectivity index (χ0v) is 14.8. The molecule has 0 aromatic rings. The Labute approximate surface area is 143 Å². The molecule has 0 unspecified atom stereocenters. The largest absolute Gasteiger partial charge is 0.504 e. The predicted molar refractivity (Wildman–Crippen MR) is 90.4 cm³/mol. The summed E-state index contributed by atoms with van der Waals surface area (Å²) in [5.41, 5.74) is 0.291. The van der Waals surface area contributed by atoms with Gasteiger partial charge in [-0.2, -0.15) is 0 Å². The molecule has 0 spiro atoms. The van der Waals surface area contributed by atoms with E-state index in [1.807, 2.05) is 0 Å². The minimum absolute atomic E-state index is 0.0517. The highest BCUT2D eigenvalue weighted by Gasteiger charge is 2.27. The van der Waals surface area contributed by atoms with Gasteiger partial charge in [-0.1, -0.05) is 26.2 Å². The molecule has 0 aliphatic heterocycles. The van der Waals surface area contributed by atoms with Crippen LogP contribution in [0, 0.1) is 0 Å². The molecule has 134 valence electrons. The number of carbonyl (C=O) groups is 3. The lowest BCUT2D eigenvalue weighted by Gasteiger charge is -2.23. The van der Waals surface area contributed by atoms with Gasteiger partial charge < -0.3 is 14.7 Å². The maximum Gasteiger partial charge on any atom is 0.305 e. The molecule has 0 heterocycles. The lowest BCUT2D eigenvalue weighted by molar-refractivity contribution is -0.143. The van der Waals surface area contributed by atoms with Gasteiger partial charge in [-0.3, -0.25) is 14.4 Å². The monoisotopic (exact) mass is 337 g/mol. The topological polar surface area (TPSA) is 83.9 Å². The Morgan fingerprint density at radius 3 is 2.58 bits per heavy atom. The minimum Gasteiger partial charge on any atom is -0.504 e. The maximum absolute atomic E-state index is 12.1. The lowest BCUT2D eigenvalue weighted by Crippen LogP contribution is -2.30. The highest BCUT2D eigenvalue weighted by atomic mass is 16.5. The fraction of sp³-hybridized carbons (Fsp3) is 0.611. The Morgan fingerprint density at radius 2 is 1.92 bits per heavy atom. The fourth-order valence-electron chi connectivity index (χ4n) is 2.39. The zero-order valence-electron chi connectivity index (χ0n) is 14.8. The summed E-state index contributed by atoms with van der Waals surface area (Å²) in [7, 11) is 1.68. The van der Waals surface area contributed by atoms with Crippen molar-refractivity contribution in [3.05, 3.63) is 23.1 Å². The predicted octanol–water partition coefficient (Wildman–Crippen LogP) is 2.69. The summed E-state index contributed by atoms with van der Waals surface area (Å²) in [6.07, 6.45) is 6.17. The van der Waals surface area contributed by atoms with Crippen LogP contribution in [-0.4, -0.2) is 47.7 Å². The van der Waals surface area contributed by atoms with Crippen molar-refractivity contribution in [2.24, 2.45) is 0 Å². The third-order valence-corrected chi connectivity index (χ3v) is 3.98. The van der Waals surface area contributed by atoms with E-state index in [0.29, 0.717) is 19.6 Å². The maximum atomic E-state index is 12.1. The quantitative estimate of drug-likeness (QED) is 0.375. The molecule has 1 N–H and O–H groups in total. The van der Waals surface area contributed by atoms with E-state index in [1.165, 1.54) is 6.92 Å². The Hall–Kier alpha value is -2.11. The molecule has 0 saturated carbocycles. The first kappa shape index (κ1) is 19.9. The second-order valence-electron chi connectivity index (χ2n) is 6.00. The minimum atomic E-state index is -0.569. The van der Waals surface area contributed by atoms with Crippen molar-refractivity contribution in [3.63, 3.8) is 0 Å². The van der Waals surface area contributed by atoms with E-state index in [1.54, 1.807) is 11.9 Å². The van der Waals surface area contributed by atoms with Crippen molar-refractivity contribution in [2.45, 2.75) is 52.4 Å². The van der Waals surface area contributed by atoms with Crippen molar-refractivity contribution < 1.29 is 24.2 Å². The molecule has 0 fully saturated rings. The number of Topliss-reactive ketones (excluding diaryl/α,β-unsaturated/α-hetero) is 1. The highest BCUT2D eigenvalue weighted by Crippen LogP contribution is 2.19. The van der Waals surface area contributed by atoms with E-state index in [-0.39, 0.29) is 29.4 Å². The molecule has 0 aromatic heterocycles. The van der Waals surface area contributed by atoms with Crippen molar-refractivity contribution in [1.29, 1.82) is 0 Å². The van der Waals surface area contributed by atoms with Crippen molar-refractivity contribution >= 4 is 17.5 Å². The van der Waals surface area contributed by atoms with Gasteiger partial charge in [-0.15, -0.1) is 0 Å². The first-order chi connectivity index (χ1) is 11.4. The highest BCUT2D eigenvalue weighted by molar-refractivity contribution is 6.21. The Balaban J connectivity index is 2.33. The second-order valence-corrected chi connectivity index (χ2v) is 6.00. The number of allylic oxidation sites excluding steroid dienone is 2. The SMILES string of the molecule is CCCCCCOC(=O)CCCN(C)C1=CC(=O)C(O)=C(C)C1=O. The second kappa shape index (κ2) is 9.90. The van der Waals surface area contributed by atoms with Crippen LogP contribution in [0.4, 0.5) is 0 Å². The number of esters is 1. The molecule has 6 nitrogen and oxygen atoms in total. The molecule has 1 aliphatic carbocycles. The van der Waals surface area contributed by atoms with E-state index in [9.17, 15) is 19.5 Å². The zero-order chi connectivity index (χ0) is 18.1. The average Bonchev–Trinajstić information content (AvgIpc) is 2.55. The summed E-state index contributed by atoms with van der Waals surface area (Å²) in [4.78, 5) is 36.9. The van der Waals surface area contributed by atoms with Crippen molar-refractivity contribution in [3.8, 4) is 0 Å². The first-order valence-electron chi connectivity index (χ1n) is 8.45. The third-order valence-electron chi connectivity index (χ3n) is 3.98. The van der Waals surface area contributed by atoms with Gasteiger partial charge in [-0.25, -0.2) is 0 Å². The summed E-state index contributed by atoms with van der Waals surface area (Å²) in [5, 5.41) is 9.49. The molecule has 0 aromatic carbocycles. The van der Waals surface area contributed by atoms with Gasteiger partial charge in [0.15, 0.2) is 5.76 Å². The van der Waals surface area contributed by atoms with Crippen LogP contribution in [0.3, 0.4) is 0 Å². The summed E-state index contributed by atoms with van der Waals surface area (Å²) >= 11 is 0. The van der Waals surface area contributed by atoms with Crippen molar-refractivity contribution in [2.75, 3.05) is 20.2 Å². The van der Waals surface area contributed by atoms with Crippen LogP contribution in [0.15, 0.2) is 23.1 Å². The number of aliphatic hydroxyl groups excluding tert-OH is 1. The Kier molecular flexibility index (Phi) is 8.22. The normalized spacial score (nSPS) is 14.7. The van der Waals surface area contributed by atoms with E-state index >= 15 is 0 Å². The Morgan fingerprint density at radius 1 is 1.21 bits per heavy atom. The molecule has 6 heteroatoms. The number of nitrogens with zero attached hydrogens (tertiary/aromatic N) is 1. The van der Waals surface area contributed by atoms with E-state index in [4.69, 9.17) is 4.74 Å². The number of hydrogen-bond donors (Lipinski definition) is 1. The van der Waals surface area contributed by atoms with Crippen LogP contribution in [0.25, 0.3) is 0 Å². The standard InChI is InChI=1S/C18H27NO5/c1-4-5-6-7-11-24-16(21)9-8-10-19(3)14-12-15(20)18(23)13(2)17(14)22/h12,23H,4-11H2,1-3H3. The van der Waals surface area contributed by atoms with Crippen LogP contribution < -0.4 is 0 Å². The van der Waals surface area contributed by atoms with Crippen molar-refractivity contribution in [1.82, 2.24) is 4.90 Å². The number of ether oxygens (including phenoxy) is 1. The third kappa shape index (κ3) is 5.83. The lowest BCUT2D eigenvalue weighted by atomic mass is 9.99. The summed E-state index contributed by atoms with van der Waals surface area (Å²) in [6, 6.07) is 0. The number of carbonyl (C=O) groups excluding carboxylic acids is 3. The molecular weight excluding hydrogens is 310 g/mol. The van der Waals surface area contributed by atoms with Crippen LogP contribution >= 0.6 is 0 Å². The van der Waals surface area contributed by atoms with Crippen LogP contribution in [-0.2, 0) is 19.1 Å². The number of ketones is 2. The molecule has 0 saturated heterocycles. The number of hydrogen-bond acceptors (Lipinski definition) is 6. The summed E-state index contributed by atoms with van der Waals surface area (Å²) in [6.45, 7) is 4.45. The Bertz CT molecular complexity index is 548. The smallest absolute Gasteiger partial charge is 0.305 e. The first-order valence-corrected chi connectivity index (χ1v) is 8.45. The van der Waals surface area contributed by atoms with Gasteiger partial charge in [0.05, 0.1) is 12.3 Å². The molecule has 0 bridgehead atoms. The molecular formula is C18H27NO5. The van der Waals surface area contributed by atoms with Crippen LogP contribution in [0.5, 0.6) is 0 Å². The molecule has 0 amide bonds. The van der Waals surface area contributed by atoms with Gasteiger partial charge in [0.2, 0.25) is 11.6 Å². The molecule has 0 radical (unpaired) electrons.